The Morgan fingerprint density at radius 3 is 2.38 bits per heavy atom. The lowest BCUT2D eigenvalue weighted by Gasteiger charge is -2.16. The summed E-state index contributed by atoms with van der Waals surface area (Å²) in [6, 6.07) is 6.87. The SMILES string of the molecule is CCCc1ccc(S(=O)(=O)N2C[C@@H](C)[C@H](C(=O)O)C2)cc1. The number of hydrogen-bond donors (Lipinski definition) is 1. The maximum atomic E-state index is 12.6. The molecule has 1 aliphatic rings. The molecule has 0 amide bonds. The zero-order valence-electron chi connectivity index (χ0n) is 12.3. The smallest absolute Gasteiger partial charge is 0.308 e. The number of benzene rings is 1. The molecule has 1 heterocycles. The highest BCUT2D eigenvalue weighted by molar-refractivity contribution is 7.89. The molecule has 21 heavy (non-hydrogen) atoms. The second-order valence-electron chi connectivity index (χ2n) is 5.64. The average molecular weight is 311 g/mol. The van der Waals surface area contributed by atoms with Crippen LogP contribution in [0.4, 0.5) is 0 Å². The number of aliphatic carboxylic acids is 1. The van der Waals surface area contributed by atoms with Crippen molar-refractivity contribution in [2.24, 2.45) is 11.8 Å². The van der Waals surface area contributed by atoms with E-state index in [0.717, 1.165) is 18.4 Å². The van der Waals surface area contributed by atoms with E-state index in [1.165, 1.54) is 4.31 Å². The Labute approximate surface area is 125 Å². The highest BCUT2D eigenvalue weighted by atomic mass is 32.2. The summed E-state index contributed by atoms with van der Waals surface area (Å²) in [6.45, 7) is 4.16. The molecule has 1 aromatic rings. The van der Waals surface area contributed by atoms with E-state index in [2.05, 4.69) is 6.92 Å². The molecule has 1 fully saturated rings. The van der Waals surface area contributed by atoms with Gasteiger partial charge in [0, 0.05) is 13.1 Å². The van der Waals surface area contributed by atoms with Gasteiger partial charge >= 0.3 is 5.97 Å². The molecule has 1 aliphatic heterocycles. The number of carboxylic acid groups (broad SMARTS) is 1. The van der Waals surface area contributed by atoms with E-state index in [1.807, 2.05) is 12.1 Å². The molecule has 0 aromatic heterocycles. The van der Waals surface area contributed by atoms with Gasteiger partial charge in [0.2, 0.25) is 10.0 Å². The van der Waals surface area contributed by atoms with E-state index < -0.39 is 21.9 Å². The van der Waals surface area contributed by atoms with Crippen LogP contribution in [0.15, 0.2) is 29.2 Å². The van der Waals surface area contributed by atoms with Crippen LogP contribution in [0.5, 0.6) is 0 Å². The topological polar surface area (TPSA) is 74.7 Å². The van der Waals surface area contributed by atoms with Crippen LogP contribution in [0.1, 0.15) is 25.8 Å². The van der Waals surface area contributed by atoms with Crippen LogP contribution in [0, 0.1) is 11.8 Å². The fourth-order valence-electron chi connectivity index (χ4n) is 2.71. The lowest BCUT2D eigenvalue weighted by molar-refractivity contribution is -0.142. The van der Waals surface area contributed by atoms with Crippen LogP contribution in [0.2, 0.25) is 0 Å². The van der Waals surface area contributed by atoms with Crippen molar-refractivity contribution >= 4 is 16.0 Å². The molecule has 1 aromatic carbocycles. The van der Waals surface area contributed by atoms with Gasteiger partial charge in [0.05, 0.1) is 10.8 Å². The zero-order chi connectivity index (χ0) is 15.6. The number of aryl methyl sites for hydroxylation is 1. The molecule has 1 N–H and O–H groups in total. The Balaban J connectivity index is 2.20. The number of sulfonamides is 1. The Bertz CT molecular complexity index is 609. The minimum Gasteiger partial charge on any atom is -0.481 e. The van der Waals surface area contributed by atoms with Crippen LogP contribution in [-0.2, 0) is 21.2 Å². The standard InChI is InChI=1S/C15H21NO4S/c1-3-4-12-5-7-13(8-6-12)21(19,20)16-9-11(2)14(10-16)15(17)18/h5-8,11,14H,3-4,9-10H2,1-2H3,(H,17,18)/t11-,14-/m1/s1. The molecule has 0 aliphatic carbocycles. The Kier molecular flexibility index (Phi) is 4.68. The van der Waals surface area contributed by atoms with Crippen molar-refractivity contribution in [1.29, 1.82) is 0 Å². The third-order valence-electron chi connectivity index (χ3n) is 4.00. The molecule has 1 saturated heterocycles. The summed E-state index contributed by atoms with van der Waals surface area (Å²) < 4.78 is 26.4. The van der Waals surface area contributed by atoms with Gasteiger partial charge in [-0.1, -0.05) is 32.4 Å². The normalized spacial score (nSPS) is 23.3. The molecular formula is C15H21NO4S. The quantitative estimate of drug-likeness (QED) is 0.902. The van der Waals surface area contributed by atoms with Crippen LogP contribution in [-0.4, -0.2) is 36.9 Å². The van der Waals surface area contributed by atoms with Gasteiger partial charge in [-0.15, -0.1) is 0 Å². The fraction of sp³-hybridized carbons (Fsp3) is 0.533. The van der Waals surface area contributed by atoms with Gasteiger partial charge in [-0.3, -0.25) is 4.79 Å². The summed E-state index contributed by atoms with van der Waals surface area (Å²) in [6.07, 6.45) is 1.93. The molecule has 0 spiro atoms. The summed E-state index contributed by atoms with van der Waals surface area (Å²) in [7, 11) is -3.60. The molecule has 116 valence electrons. The van der Waals surface area contributed by atoms with E-state index >= 15 is 0 Å². The second-order valence-corrected chi connectivity index (χ2v) is 7.58. The summed E-state index contributed by atoms with van der Waals surface area (Å²) >= 11 is 0. The van der Waals surface area contributed by atoms with E-state index in [0.29, 0.717) is 0 Å². The molecule has 0 saturated carbocycles. The second kappa shape index (κ2) is 6.15. The number of carbonyl (C=O) groups is 1. The lowest BCUT2D eigenvalue weighted by atomic mass is 9.99. The molecule has 0 unspecified atom stereocenters. The first-order valence-electron chi connectivity index (χ1n) is 7.18. The third-order valence-corrected chi connectivity index (χ3v) is 5.84. The van der Waals surface area contributed by atoms with Crippen LogP contribution in [0.3, 0.4) is 0 Å². The van der Waals surface area contributed by atoms with E-state index in [-0.39, 0.29) is 23.9 Å². The summed E-state index contributed by atoms with van der Waals surface area (Å²) in [4.78, 5) is 11.4. The first kappa shape index (κ1) is 16.0. The van der Waals surface area contributed by atoms with Crippen molar-refractivity contribution in [3.63, 3.8) is 0 Å². The summed E-state index contributed by atoms with van der Waals surface area (Å²) in [5.41, 5.74) is 1.11. The largest absolute Gasteiger partial charge is 0.481 e. The third kappa shape index (κ3) is 3.27. The zero-order valence-corrected chi connectivity index (χ0v) is 13.1. The average Bonchev–Trinajstić information content (AvgIpc) is 2.83. The maximum absolute atomic E-state index is 12.6. The van der Waals surface area contributed by atoms with Crippen LogP contribution in [0.25, 0.3) is 0 Å². The van der Waals surface area contributed by atoms with Gasteiger partial charge in [0.1, 0.15) is 0 Å². The number of carboxylic acids is 1. The minimum absolute atomic E-state index is 0.0511. The van der Waals surface area contributed by atoms with Gasteiger partial charge in [-0.25, -0.2) is 8.42 Å². The van der Waals surface area contributed by atoms with Crippen molar-refractivity contribution in [2.75, 3.05) is 13.1 Å². The molecule has 6 heteroatoms. The lowest BCUT2D eigenvalue weighted by Crippen LogP contribution is -2.30. The van der Waals surface area contributed by atoms with Crippen LogP contribution < -0.4 is 0 Å². The first-order chi connectivity index (χ1) is 9.86. The van der Waals surface area contributed by atoms with E-state index in [9.17, 15) is 13.2 Å². The highest BCUT2D eigenvalue weighted by Gasteiger charge is 2.40. The molecule has 2 rings (SSSR count). The Morgan fingerprint density at radius 1 is 1.29 bits per heavy atom. The minimum atomic E-state index is -3.60. The van der Waals surface area contributed by atoms with E-state index in [4.69, 9.17) is 5.11 Å². The maximum Gasteiger partial charge on any atom is 0.308 e. The van der Waals surface area contributed by atoms with Crippen molar-refractivity contribution in [3.8, 4) is 0 Å². The molecular weight excluding hydrogens is 290 g/mol. The molecule has 0 radical (unpaired) electrons. The molecule has 2 atom stereocenters. The highest BCUT2D eigenvalue weighted by Crippen LogP contribution is 2.28. The van der Waals surface area contributed by atoms with Crippen molar-refractivity contribution in [3.05, 3.63) is 29.8 Å². The Morgan fingerprint density at radius 2 is 1.90 bits per heavy atom. The van der Waals surface area contributed by atoms with Gasteiger partial charge in [0.25, 0.3) is 0 Å². The molecule has 5 nitrogen and oxygen atoms in total. The predicted molar refractivity (Wildman–Crippen MR) is 79.5 cm³/mol. The van der Waals surface area contributed by atoms with Gasteiger partial charge < -0.3 is 5.11 Å². The number of nitrogens with zero attached hydrogens (tertiary/aromatic N) is 1. The van der Waals surface area contributed by atoms with E-state index in [1.54, 1.807) is 19.1 Å². The number of rotatable bonds is 5. The summed E-state index contributed by atoms with van der Waals surface area (Å²) in [5.74, 6) is -1.73. The fourth-order valence-corrected chi connectivity index (χ4v) is 4.27. The number of hydrogen-bond acceptors (Lipinski definition) is 3. The first-order valence-corrected chi connectivity index (χ1v) is 8.62. The summed E-state index contributed by atoms with van der Waals surface area (Å²) in [5, 5.41) is 9.11. The molecule has 0 bridgehead atoms. The van der Waals surface area contributed by atoms with Crippen molar-refractivity contribution in [2.45, 2.75) is 31.6 Å². The van der Waals surface area contributed by atoms with Crippen molar-refractivity contribution in [1.82, 2.24) is 4.31 Å². The Hall–Kier alpha value is -1.40. The van der Waals surface area contributed by atoms with Crippen molar-refractivity contribution < 1.29 is 18.3 Å². The monoisotopic (exact) mass is 311 g/mol. The van der Waals surface area contributed by atoms with Crippen LogP contribution >= 0.6 is 0 Å². The predicted octanol–water partition coefficient (Wildman–Crippen LogP) is 1.98. The van der Waals surface area contributed by atoms with Gasteiger partial charge in [-0.05, 0) is 30.0 Å². The van der Waals surface area contributed by atoms with Gasteiger partial charge in [0.15, 0.2) is 0 Å². The van der Waals surface area contributed by atoms with Gasteiger partial charge in [-0.2, -0.15) is 4.31 Å².